The van der Waals surface area contributed by atoms with E-state index < -0.39 is 11.9 Å². The number of benzene rings is 1. The van der Waals surface area contributed by atoms with Crippen LogP contribution in [0.3, 0.4) is 0 Å². The highest BCUT2D eigenvalue weighted by Gasteiger charge is 2.17. The van der Waals surface area contributed by atoms with Crippen molar-refractivity contribution in [2.75, 3.05) is 13.2 Å². The Kier molecular flexibility index (Phi) is 19.6. The Hall–Kier alpha value is -3.93. The first kappa shape index (κ1) is 34.1. The average Bonchev–Trinajstić information content (AvgIpc) is 2.93. The van der Waals surface area contributed by atoms with Gasteiger partial charge in [-0.2, -0.15) is 0 Å². The van der Waals surface area contributed by atoms with E-state index in [1.54, 1.807) is 25.1 Å². The minimum Gasteiger partial charge on any atom is -0.462 e. The molecule has 0 aliphatic carbocycles. The SMILES string of the molecule is CCC=CCC=CCC=CCC=CCC=CCC=CCCC(=O)NCC(=O)Oc1cc(C)ccc1C(=O)OCC. The molecule has 1 amide bonds. The molecule has 0 heterocycles. The monoisotopic (exact) mass is 547 g/mol. The number of rotatable bonds is 19. The van der Waals surface area contributed by atoms with E-state index >= 15 is 0 Å². The van der Waals surface area contributed by atoms with Crippen LogP contribution in [0.2, 0.25) is 0 Å². The summed E-state index contributed by atoms with van der Waals surface area (Å²) in [6, 6.07) is 4.88. The zero-order valence-electron chi connectivity index (χ0n) is 24.3. The van der Waals surface area contributed by atoms with Gasteiger partial charge in [-0.05, 0) is 76.5 Å². The Balaban J connectivity index is 2.17. The number of amides is 1. The van der Waals surface area contributed by atoms with E-state index in [4.69, 9.17) is 9.47 Å². The van der Waals surface area contributed by atoms with Crippen molar-refractivity contribution >= 4 is 17.8 Å². The van der Waals surface area contributed by atoms with Gasteiger partial charge in [0.05, 0.1) is 6.61 Å². The van der Waals surface area contributed by atoms with Gasteiger partial charge < -0.3 is 14.8 Å². The van der Waals surface area contributed by atoms with Gasteiger partial charge in [0.2, 0.25) is 5.91 Å². The number of esters is 2. The minimum atomic E-state index is -0.654. The van der Waals surface area contributed by atoms with Crippen LogP contribution < -0.4 is 10.1 Å². The van der Waals surface area contributed by atoms with Crippen LogP contribution in [-0.4, -0.2) is 31.0 Å². The number of hydrogen-bond acceptors (Lipinski definition) is 5. The van der Waals surface area contributed by atoms with Crippen LogP contribution in [0.25, 0.3) is 0 Å². The Labute approximate surface area is 240 Å². The topological polar surface area (TPSA) is 81.7 Å². The standard InChI is InChI=1S/C34H45NO5/c1-4-6-7-8-9-10-11-12-13-14-15-16-17-18-19-20-21-22-23-24-32(36)35-28-33(37)40-31-27-29(3)25-26-30(31)34(38)39-5-2/h6-7,9-10,12-13,15-16,18-19,21-22,25-27H,4-5,8,11,14,17,20,23-24,28H2,1-3H3,(H,35,36). The molecule has 0 saturated heterocycles. The molecule has 6 heteroatoms. The van der Waals surface area contributed by atoms with Crippen molar-refractivity contribution < 1.29 is 23.9 Å². The smallest absolute Gasteiger partial charge is 0.341 e. The predicted octanol–water partition coefficient (Wildman–Crippen LogP) is 7.67. The Morgan fingerprint density at radius 1 is 0.750 bits per heavy atom. The molecule has 0 saturated carbocycles. The molecule has 0 aliphatic heterocycles. The van der Waals surface area contributed by atoms with Crippen molar-refractivity contribution in [3.05, 3.63) is 102 Å². The van der Waals surface area contributed by atoms with Gasteiger partial charge in [-0.3, -0.25) is 4.79 Å². The fourth-order valence-corrected chi connectivity index (χ4v) is 3.36. The summed E-state index contributed by atoms with van der Waals surface area (Å²) in [7, 11) is 0. The van der Waals surface area contributed by atoms with Gasteiger partial charge in [0, 0.05) is 6.42 Å². The van der Waals surface area contributed by atoms with Crippen LogP contribution >= 0.6 is 0 Å². The molecule has 40 heavy (non-hydrogen) atoms. The largest absolute Gasteiger partial charge is 0.462 e. The van der Waals surface area contributed by atoms with Crippen LogP contribution in [0.1, 0.15) is 81.1 Å². The first-order chi connectivity index (χ1) is 19.5. The maximum Gasteiger partial charge on any atom is 0.341 e. The van der Waals surface area contributed by atoms with E-state index in [2.05, 4.69) is 73.0 Å². The van der Waals surface area contributed by atoms with Crippen molar-refractivity contribution in [1.29, 1.82) is 0 Å². The van der Waals surface area contributed by atoms with E-state index in [1.165, 1.54) is 0 Å². The number of nitrogens with one attached hydrogen (secondary N) is 1. The normalized spacial score (nSPS) is 12.1. The summed E-state index contributed by atoms with van der Waals surface area (Å²) in [6.45, 7) is 5.60. The maximum absolute atomic E-state index is 12.2. The highest BCUT2D eigenvalue weighted by molar-refractivity contribution is 5.94. The fourth-order valence-electron chi connectivity index (χ4n) is 3.36. The third-order valence-corrected chi connectivity index (χ3v) is 5.42. The number of carbonyl (C=O) groups excluding carboxylic acids is 3. The maximum atomic E-state index is 12.2. The molecule has 216 valence electrons. The molecule has 6 nitrogen and oxygen atoms in total. The molecule has 0 atom stereocenters. The van der Waals surface area contributed by atoms with Gasteiger partial charge in [0.25, 0.3) is 0 Å². The van der Waals surface area contributed by atoms with Gasteiger partial charge in [-0.15, -0.1) is 0 Å². The number of carbonyl (C=O) groups is 3. The van der Waals surface area contributed by atoms with Crippen LogP contribution in [0.4, 0.5) is 0 Å². The van der Waals surface area contributed by atoms with Crippen molar-refractivity contribution in [3.63, 3.8) is 0 Å². The van der Waals surface area contributed by atoms with Crippen molar-refractivity contribution in [1.82, 2.24) is 5.32 Å². The van der Waals surface area contributed by atoms with E-state index in [0.717, 1.165) is 44.1 Å². The molecular weight excluding hydrogens is 502 g/mol. The lowest BCUT2D eigenvalue weighted by atomic mass is 10.1. The number of aryl methyl sites for hydroxylation is 1. The number of allylic oxidation sites excluding steroid dienone is 12. The summed E-state index contributed by atoms with van der Waals surface area (Å²) in [5, 5.41) is 2.55. The summed E-state index contributed by atoms with van der Waals surface area (Å²) in [6.07, 6.45) is 32.2. The van der Waals surface area contributed by atoms with Crippen LogP contribution in [0.5, 0.6) is 5.75 Å². The molecule has 0 unspecified atom stereocenters. The molecule has 0 bridgehead atoms. The molecular formula is C34H45NO5. The first-order valence-corrected chi connectivity index (χ1v) is 14.1. The molecule has 1 N–H and O–H groups in total. The van der Waals surface area contributed by atoms with Gasteiger partial charge in [0.1, 0.15) is 17.9 Å². The minimum absolute atomic E-state index is 0.121. The second-order valence-electron chi connectivity index (χ2n) is 8.92. The highest BCUT2D eigenvalue weighted by Crippen LogP contribution is 2.21. The zero-order chi connectivity index (χ0) is 29.3. The molecule has 1 rings (SSSR count). The van der Waals surface area contributed by atoms with E-state index in [0.29, 0.717) is 6.42 Å². The van der Waals surface area contributed by atoms with E-state index in [9.17, 15) is 14.4 Å². The molecule has 0 aromatic heterocycles. The summed E-state index contributed by atoms with van der Waals surface area (Å²) in [4.78, 5) is 36.3. The third-order valence-electron chi connectivity index (χ3n) is 5.42. The summed E-state index contributed by atoms with van der Waals surface area (Å²) >= 11 is 0. The molecule has 1 aromatic carbocycles. The van der Waals surface area contributed by atoms with Gasteiger partial charge in [-0.25, -0.2) is 9.59 Å². The molecule has 0 spiro atoms. The summed E-state index contributed by atoms with van der Waals surface area (Å²) < 4.78 is 10.3. The van der Waals surface area contributed by atoms with Crippen LogP contribution in [0, 0.1) is 6.92 Å². The van der Waals surface area contributed by atoms with Crippen molar-refractivity contribution in [3.8, 4) is 5.75 Å². The van der Waals surface area contributed by atoms with Crippen molar-refractivity contribution in [2.45, 2.75) is 72.1 Å². The van der Waals surface area contributed by atoms with E-state index in [1.807, 2.05) is 19.1 Å². The number of hydrogen-bond donors (Lipinski definition) is 1. The van der Waals surface area contributed by atoms with E-state index in [-0.39, 0.29) is 36.8 Å². The molecule has 1 aromatic rings. The van der Waals surface area contributed by atoms with Gasteiger partial charge in [0.15, 0.2) is 0 Å². The highest BCUT2D eigenvalue weighted by atomic mass is 16.5. The average molecular weight is 548 g/mol. The van der Waals surface area contributed by atoms with Crippen LogP contribution in [0.15, 0.2) is 91.1 Å². The molecule has 0 aliphatic rings. The van der Waals surface area contributed by atoms with Crippen LogP contribution in [-0.2, 0) is 14.3 Å². The lowest BCUT2D eigenvalue weighted by Crippen LogP contribution is -2.31. The van der Waals surface area contributed by atoms with Crippen molar-refractivity contribution in [2.24, 2.45) is 0 Å². The second kappa shape index (κ2) is 23.0. The molecule has 0 radical (unpaired) electrons. The lowest BCUT2D eigenvalue weighted by Gasteiger charge is -2.11. The second-order valence-corrected chi connectivity index (χ2v) is 8.92. The zero-order valence-corrected chi connectivity index (χ0v) is 24.3. The van der Waals surface area contributed by atoms with Gasteiger partial charge >= 0.3 is 11.9 Å². The first-order valence-electron chi connectivity index (χ1n) is 14.1. The Morgan fingerprint density at radius 2 is 1.27 bits per heavy atom. The Bertz CT molecular complexity index is 1080. The quantitative estimate of drug-likeness (QED) is 0.109. The fraction of sp³-hybridized carbons (Fsp3) is 0.382. The molecule has 0 fully saturated rings. The lowest BCUT2D eigenvalue weighted by molar-refractivity contribution is -0.135. The summed E-state index contributed by atoms with van der Waals surface area (Å²) in [5.74, 6) is -1.34. The van der Waals surface area contributed by atoms with Gasteiger partial charge in [-0.1, -0.05) is 85.9 Å². The summed E-state index contributed by atoms with van der Waals surface area (Å²) in [5.41, 5.74) is 1.00. The number of ether oxygens (including phenoxy) is 2. The predicted molar refractivity (Wildman–Crippen MR) is 163 cm³/mol. The third kappa shape index (κ3) is 17.6. The Morgan fingerprint density at radius 3 is 1.80 bits per heavy atom.